The molecule has 0 aliphatic rings. The lowest BCUT2D eigenvalue weighted by molar-refractivity contribution is -0.105. The van der Waals surface area contributed by atoms with E-state index in [1.54, 1.807) is 30.3 Å². The summed E-state index contributed by atoms with van der Waals surface area (Å²) in [4.78, 5) is 26.7. The summed E-state index contributed by atoms with van der Waals surface area (Å²) in [7, 11) is 0. The van der Waals surface area contributed by atoms with Gasteiger partial charge in [-0.2, -0.15) is 0 Å². The molecule has 2 N–H and O–H groups in total. The zero-order valence-corrected chi connectivity index (χ0v) is 13.4. The fourth-order valence-corrected chi connectivity index (χ4v) is 2.72. The first kappa shape index (κ1) is 15.2. The van der Waals surface area contributed by atoms with Crippen molar-refractivity contribution in [3.63, 3.8) is 0 Å². The molecule has 23 heavy (non-hydrogen) atoms. The smallest absolute Gasteiger partial charge is 0.336 e. The van der Waals surface area contributed by atoms with Gasteiger partial charge in [0.25, 0.3) is 0 Å². The van der Waals surface area contributed by atoms with Crippen LogP contribution in [0.5, 0.6) is 0 Å². The van der Waals surface area contributed by atoms with Crippen molar-refractivity contribution in [3.8, 4) is 11.3 Å². The number of benzene rings is 2. The Morgan fingerprint density at radius 2 is 2.00 bits per heavy atom. The second-order valence-electron chi connectivity index (χ2n) is 4.86. The molecule has 1 heterocycles. The Hall–Kier alpha value is -2.73. The summed E-state index contributed by atoms with van der Waals surface area (Å²) in [6.07, 6.45) is 0.590. The molecule has 0 saturated heterocycles. The predicted octanol–water partition coefficient (Wildman–Crippen LogP) is 3.93. The van der Waals surface area contributed by atoms with Crippen molar-refractivity contribution in [2.24, 2.45) is 0 Å². The number of aromatic nitrogens is 1. The van der Waals surface area contributed by atoms with E-state index in [2.05, 4.69) is 26.2 Å². The Kier molecular flexibility index (Phi) is 4.08. The Bertz CT molecular complexity index is 925. The number of nitrogens with one attached hydrogen (secondary N) is 1. The first-order chi connectivity index (χ1) is 11.1. The third kappa shape index (κ3) is 3.07. The molecule has 114 valence electrons. The molecule has 0 aliphatic carbocycles. The second-order valence-corrected chi connectivity index (χ2v) is 5.78. The van der Waals surface area contributed by atoms with Gasteiger partial charge in [-0.05, 0) is 36.4 Å². The molecule has 0 unspecified atom stereocenters. The number of carbonyl (C=O) groups is 2. The summed E-state index contributed by atoms with van der Waals surface area (Å²) in [6, 6.07) is 13.9. The Morgan fingerprint density at radius 3 is 2.74 bits per heavy atom. The average Bonchev–Trinajstić information content (AvgIpc) is 2.54. The fourth-order valence-electron chi connectivity index (χ4n) is 2.36. The van der Waals surface area contributed by atoms with E-state index in [-0.39, 0.29) is 5.56 Å². The van der Waals surface area contributed by atoms with Crippen molar-refractivity contribution in [2.45, 2.75) is 0 Å². The van der Waals surface area contributed by atoms with Crippen molar-refractivity contribution in [3.05, 3.63) is 58.6 Å². The first-order valence-electron chi connectivity index (χ1n) is 6.73. The number of carboxylic acid groups (broad SMARTS) is 1. The highest BCUT2D eigenvalue weighted by molar-refractivity contribution is 9.10. The van der Waals surface area contributed by atoms with E-state index >= 15 is 0 Å². The summed E-state index contributed by atoms with van der Waals surface area (Å²) in [6.45, 7) is 0. The number of hydrogen-bond acceptors (Lipinski definition) is 3. The first-order valence-corrected chi connectivity index (χ1v) is 7.52. The number of aromatic carboxylic acids is 1. The molecule has 0 aliphatic heterocycles. The van der Waals surface area contributed by atoms with E-state index in [0.717, 1.165) is 10.0 Å². The van der Waals surface area contributed by atoms with Gasteiger partial charge in [0.2, 0.25) is 6.41 Å². The summed E-state index contributed by atoms with van der Waals surface area (Å²) >= 11 is 3.34. The van der Waals surface area contributed by atoms with Gasteiger partial charge in [-0.15, -0.1) is 0 Å². The summed E-state index contributed by atoms with van der Waals surface area (Å²) in [5.74, 6) is -1.01. The minimum absolute atomic E-state index is 0.181. The number of carbonyl (C=O) groups excluding carboxylic acids is 1. The molecule has 0 saturated carbocycles. The molecule has 2 aromatic carbocycles. The fraction of sp³-hybridized carbons (Fsp3) is 0. The van der Waals surface area contributed by atoms with Crippen LogP contribution in [0.2, 0.25) is 0 Å². The Labute approximate surface area is 140 Å². The molecule has 6 heteroatoms. The lowest BCUT2D eigenvalue weighted by Gasteiger charge is -2.08. The summed E-state index contributed by atoms with van der Waals surface area (Å²) < 4.78 is 0.791. The van der Waals surface area contributed by atoms with Gasteiger partial charge in [0, 0.05) is 21.1 Å². The van der Waals surface area contributed by atoms with Gasteiger partial charge >= 0.3 is 5.97 Å². The normalized spacial score (nSPS) is 10.5. The Balaban J connectivity index is 2.22. The molecular weight excluding hydrogens is 360 g/mol. The van der Waals surface area contributed by atoms with E-state index in [1.165, 1.54) is 6.07 Å². The van der Waals surface area contributed by atoms with Gasteiger partial charge in [0.1, 0.15) is 0 Å². The van der Waals surface area contributed by atoms with Gasteiger partial charge in [-0.1, -0.05) is 28.1 Å². The van der Waals surface area contributed by atoms with Gasteiger partial charge in [0.05, 0.1) is 16.8 Å². The van der Waals surface area contributed by atoms with Crippen LogP contribution in [0.1, 0.15) is 10.4 Å². The summed E-state index contributed by atoms with van der Waals surface area (Å²) in [5, 5.41) is 12.6. The van der Waals surface area contributed by atoms with E-state index < -0.39 is 5.97 Å². The monoisotopic (exact) mass is 370 g/mol. The highest BCUT2D eigenvalue weighted by Crippen LogP contribution is 2.28. The minimum Gasteiger partial charge on any atom is -0.478 e. The van der Waals surface area contributed by atoms with Gasteiger partial charge < -0.3 is 10.4 Å². The lowest BCUT2D eigenvalue weighted by atomic mass is 10.0. The van der Waals surface area contributed by atoms with Crippen molar-refractivity contribution in [1.82, 2.24) is 4.98 Å². The maximum absolute atomic E-state index is 11.6. The van der Waals surface area contributed by atoms with E-state index in [4.69, 9.17) is 0 Å². The lowest BCUT2D eigenvalue weighted by Crippen LogP contribution is -2.00. The molecule has 5 nitrogen and oxygen atoms in total. The van der Waals surface area contributed by atoms with Crippen LogP contribution in [0.4, 0.5) is 5.69 Å². The number of rotatable bonds is 4. The predicted molar refractivity (Wildman–Crippen MR) is 91.5 cm³/mol. The maximum atomic E-state index is 11.6. The van der Waals surface area contributed by atoms with E-state index in [0.29, 0.717) is 28.7 Å². The van der Waals surface area contributed by atoms with Crippen LogP contribution in [-0.2, 0) is 4.79 Å². The largest absolute Gasteiger partial charge is 0.478 e. The number of fused-ring (bicyclic) bond motifs is 1. The van der Waals surface area contributed by atoms with Crippen LogP contribution in [0.15, 0.2) is 53.0 Å². The molecule has 1 aromatic heterocycles. The molecule has 1 amide bonds. The van der Waals surface area contributed by atoms with E-state index in [1.807, 2.05) is 12.1 Å². The molecule has 0 spiro atoms. The minimum atomic E-state index is -1.01. The molecule has 0 fully saturated rings. The number of halogens is 1. The van der Waals surface area contributed by atoms with Gasteiger partial charge in [0.15, 0.2) is 0 Å². The van der Waals surface area contributed by atoms with Crippen LogP contribution < -0.4 is 5.32 Å². The molecular formula is C17H11BrN2O3. The van der Waals surface area contributed by atoms with Crippen molar-refractivity contribution >= 4 is 44.9 Å². The van der Waals surface area contributed by atoms with Crippen LogP contribution in [0.3, 0.4) is 0 Å². The Morgan fingerprint density at radius 1 is 1.17 bits per heavy atom. The van der Waals surface area contributed by atoms with Crippen LogP contribution in [-0.4, -0.2) is 22.5 Å². The maximum Gasteiger partial charge on any atom is 0.336 e. The number of amides is 1. The van der Waals surface area contributed by atoms with Crippen LogP contribution >= 0.6 is 15.9 Å². The van der Waals surface area contributed by atoms with E-state index in [9.17, 15) is 14.7 Å². The number of hydrogen-bond donors (Lipinski definition) is 2. The SMILES string of the molecule is O=CNc1cccc(-c2cc(C(=O)O)c3cc(Br)ccc3n2)c1. The zero-order valence-electron chi connectivity index (χ0n) is 11.8. The van der Waals surface area contributed by atoms with Crippen LogP contribution in [0.25, 0.3) is 22.2 Å². The standard InChI is InChI=1S/C17H11BrN2O3/c18-11-4-5-15-13(7-11)14(17(22)23)8-16(20-15)10-2-1-3-12(6-10)19-9-21/h1-9H,(H,19,21)(H,22,23). The zero-order chi connectivity index (χ0) is 16.4. The topological polar surface area (TPSA) is 79.3 Å². The average molecular weight is 371 g/mol. The number of anilines is 1. The van der Waals surface area contributed by atoms with Crippen molar-refractivity contribution < 1.29 is 14.7 Å². The van der Waals surface area contributed by atoms with Crippen molar-refractivity contribution in [2.75, 3.05) is 5.32 Å². The van der Waals surface area contributed by atoms with Gasteiger partial charge in [-0.3, -0.25) is 4.79 Å². The highest BCUT2D eigenvalue weighted by Gasteiger charge is 2.13. The molecule has 0 atom stereocenters. The number of pyridine rings is 1. The quantitative estimate of drug-likeness (QED) is 0.681. The summed E-state index contributed by atoms with van der Waals surface area (Å²) in [5.41, 5.74) is 2.65. The van der Waals surface area contributed by atoms with Crippen molar-refractivity contribution in [1.29, 1.82) is 0 Å². The highest BCUT2D eigenvalue weighted by atomic mass is 79.9. The third-order valence-electron chi connectivity index (χ3n) is 3.39. The second kappa shape index (κ2) is 6.18. The molecule has 0 bridgehead atoms. The molecule has 3 rings (SSSR count). The van der Waals surface area contributed by atoms with Gasteiger partial charge in [-0.25, -0.2) is 9.78 Å². The molecule has 0 radical (unpaired) electrons. The number of carboxylic acids is 1. The van der Waals surface area contributed by atoms with Crippen LogP contribution in [0, 0.1) is 0 Å². The molecule has 3 aromatic rings. The third-order valence-corrected chi connectivity index (χ3v) is 3.88. The number of nitrogens with zero attached hydrogens (tertiary/aromatic N) is 1.